The molecule has 4 saturated carbocycles. The van der Waals surface area contributed by atoms with Gasteiger partial charge in [0.25, 0.3) is 0 Å². The van der Waals surface area contributed by atoms with Gasteiger partial charge in [-0.1, -0.05) is 19.9 Å². The Morgan fingerprint density at radius 3 is 2.18 bits per heavy atom. The van der Waals surface area contributed by atoms with E-state index < -0.39 is 5.97 Å². The minimum Gasteiger partial charge on any atom is -0.478 e. The van der Waals surface area contributed by atoms with Gasteiger partial charge in [0.05, 0.1) is 0 Å². The predicted octanol–water partition coefficient (Wildman–Crippen LogP) is 3.62. The fraction of sp³-hybridized carbons (Fsp3) is 0.800. The van der Waals surface area contributed by atoms with E-state index in [9.17, 15) is 4.79 Å². The molecule has 2 heteroatoms. The maximum absolute atomic E-state index is 10.8. The lowest BCUT2D eigenvalue weighted by Gasteiger charge is -2.64. The fourth-order valence-electron chi connectivity index (χ4n) is 5.97. The Balaban J connectivity index is 1.94. The van der Waals surface area contributed by atoms with Gasteiger partial charge in [-0.25, -0.2) is 4.79 Å². The summed E-state index contributed by atoms with van der Waals surface area (Å²) in [6.45, 7) is 4.83. The van der Waals surface area contributed by atoms with Crippen molar-refractivity contribution < 1.29 is 9.90 Å². The Kier molecular flexibility index (Phi) is 2.10. The number of carboxylic acid groups (broad SMARTS) is 1. The Morgan fingerprint density at radius 2 is 1.71 bits per heavy atom. The second-order valence-corrected chi connectivity index (χ2v) is 7.66. The third-order valence-corrected chi connectivity index (χ3v) is 5.25. The summed E-state index contributed by atoms with van der Waals surface area (Å²) >= 11 is 0. The minimum atomic E-state index is -0.795. The Morgan fingerprint density at radius 1 is 1.12 bits per heavy atom. The quantitative estimate of drug-likeness (QED) is 0.741. The molecular formula is C15H22O2. The van der Waals surface area contributed by atoms with Crippen molar-refractivity contribution in [1.29, 1.82) is 0 Å². The van der Waals surface area contributed by atoms with Crippen LogP contribution < -0.4 is 0 Å². The second kappa shape index (κ2) is 3.15. The molecule has 0 heterocycles. The first kappa shape index (κ1) is 11.3. The first-order valence-corrected chi connectivity index (χ1v) is 6.75. The molecule has 0 aromatic rings. The van der Waals surface area contributed by atoms with Crippen LogP contribution >= 0.6 is 0 Å². The van der Waals surface area contributed by atoms with Gasteiger partial charge in [0, 0.05) is 6.08 Å². The van der Waals surface area contributed by atoms with Crippen LogP contribution in [-0.4, -0.2) is 11.1 Å². The molecule has 2 nitrogen and oxygen atoms in total. The normalized spacial score (nSPS) is 52.2. The number of hydrogen-bond acceptors (Lipinski definition) is 1. The topological polar surface area (TPSA) is 37.3 Å². The molecule has 4 bridgehead atoms. The van der Waals surface area contributed by atoms with Crippen LogP contribution in [0.4, 0.5) is 0 Å². The van der Waals surface area contributed by atoms with Crippen LogP contribution in [0.2, 0.25) is 0 Å². The van der Waals surface area contributed by atoms with Crippen molar-refractivity contribution in [2.45, 2.75) is 52.4 Å². The number of rotatable bonds is 2. The maximum Gasteiger partial charge on any atom is 0.327 e. The summed E-state index contributed by atoms with van der Waals surface area (Å²) in [5, 5.41) is 8.86. The molecular weight excluding hydrogens is 212 g/mol. The van der Waals surface area contributed by atoms with Gasteiger partial charge in [-0.15, -0.1) is 0 Å². The number of carbonyl (C=O) groups is 1. The van der Waals surface area contributed by atoms with Gasteiger partial charge < -0.3 is 5.11 Å². The van der Waals surface area contributed by atoms with E-state index in [1.54, 1.807) is 0 Å². The molecule has 2 atom stereocenters. The van der Waals surface area contributed by atoms with E-state index in [2.05, 4.69) is 13.8 Å². The van der Waals surface area contributed by atoms with Gasteiger partial charge in [-0.3, -0.25) is 0 Å². The molecule has 0 amide bonds. The molecule has 1 N–H and O–H groups in total. The SMILES string of the molecule is CC12CC3CC(C)(C1)CC(C=CC(=O)O)(C3)C2. The zero-order chi connectivity index (χ0) is 12.3. The zero-order valence-electron chi connectivity index (χ0n) is 10.8. The molecule has 0 saturated heterocycles. The van der Waals surface area contributed by atoms with Crippen LogP contribution in [0.1, 0.15) is 52.4 Å². The average molecular weight is 234 g/mol. The Hall–Kier alpha value is -0.790. The van der Waals surface area contributed by atoms with E-state index in [-0.39, 0.29) is 5.41 Å². The van der Waals surface area contributed by atoms with Crippen molar-refractivity contribution in [3.63, 3.8) is 0 Å². The summed E-state index contributed by atoms with van der Waals surface area (Å²) in [5.74, 6) is 0.0377. The van der Waals surface area contributed by atoms with E-state index in [4.69, 9.17) is 5.11 Å². The molecule has 2 unspecified atom stereocenters. The van der Waals surface area contributed by atoms with Crippen molar-refractivity contribution in [3.8, 4) is 0 Å². The third-order valence-electron chi connectivity index (χ3n) is 5.25. The average Bonchev–Trinajstić information content (AvgIpc) is 2.08. The maximum atomic E-state index is 10.8. The summed E-state index contributed by atoms with van der Waals surface area (Å²) in [4.78, 5) is 10.8. The molecule has 0 spiro atoms. The predicted molar refractivity (Wildman–Crippen MR) is 66.6 cm³/mol. The van der Waals surface area contributed by atoms with Crippen LogP contribution in [0.3, 0.4) is 0 Å². The Bertz CT molecular complexity index is 378. The van der Waals surface area contributed by atoms with Gasteiger partial charge in [0.1, 0.15) is 0 Å². The van der Waals surface area contributed by atoms with Gasteiger partial charge in [-0.2, -0.15) is 0 Å². The summed E-state index contributed by atoms with van der Waals surface area (Å²) in [5.41, 5.74) is 1.13. The van der Waals surface area contributed by atoms with Crippen molar-refractivity contribution in [2.24, 2.45) is 22.2 Å². The molecule has 4 aliphatic rings. The highest BCUT2D eigenvalue weighted by molar-refractivity contribution is 5.79. The van der Waals surface area contributed by atoms with E-state index in [1.165, 1.54) is 44.6 Å². The molecule has 4 rings (SSSR count). The first-order valence-electron chi connectivity index (χ1n) is 6.75. The van der Waals surface area contributed by atoms with Crippen molar-refractivity contribution in [1.82, 2.24) is 0 Å². The number of hydrogen-bond donors (Lipinski definition) is 1. The lowest BCUT2D eigenvalue weighted by Crippen LogP contribution is -2.54. The number of carboxylic acids is 1. The number of allylic oxidation sites excluding steroid dienone is 1. The minimum absolute atomic E-state index is 0.196. The van der Waals surface area contributed by atoms with E-state index in [1.807, 2.05) is 6.08 Å². The van der Waals surface area contributed by atoms with Crippen LogP contribution in [-0.2, 0) is 4.79 Å². The van der Waals surface area contributed by atoms with E-state index in [0.717, 1.165) is 5.92 Å². The van der Waals surface area contributed by atoms with E-state index >= 15 is 0 Å². The van der Waals surface area contributed by atoms with Crippen molar-refractivity contribution in [3.05, 3.63) is 12.2 Å². The Labute approximate surface area is 103 Å². The summed E-state index contributed by atoms with van der Waals surface area (Å²) in [6, 6.07) is 0. The summed E-state index contributed by atoms with van der Waals surface area (Å²) in [6.07, 6.45) is 11.1. The second-order valence-electron chi connectivity index (χ2n) is 7.66. The largest absolute Gasteiger partial charge is 0.478 e. The molecule has 17 heavy (non-hydrogen) atoms. The lowest BCUT2D eigenvalue weighted by molar-refractivity contribution is -0.133. The van der Waals surface area contributed by atoms with Crippen LogP contribution in [0.5, 0.6) is 0 Å². The lowest BCUT2D eigenvalue weighted by atomic mass is 9.40. The van der Waals surface area contributed by atoms with E-state index in [0.29, 0.717) is 10.8 Å². The van der Waals surface area contributed by atoms with Crippen molar-refractivity contribution >= 4 is 5.97 Å². The summed E-state index contributed by atoms with van der Waals surface area (Å²) in [7, 11) is 0. The van der Waals surface area contributed by atoms with Gasteiger partial charge >= 0.3 is 5.97 Å². The highest BCUT2D eigenvalue weighted by Gasteiger charge is 2.59. The monoisotopic (exact) mass is 234 g/mol. The van der Waals surface area contributed by atoms with Crippen LogP contribution in [0.15, 0.2) is 12.2 Å². The van der Waals surface area contributed by atoms with Gasteiger partial charge in [-0.05, 0) is 60.7 Å². The fourth-order valence-corrected chi connectivity index (χ4v) is 5.97. The molecule has 0 radical (unpaired) electrons. The van der Waals surface area contributed by atoms with Crippen LogP contribution in [0, 0.1) is 22.2 Å². The molecule has 0 aromatic heterocycles. The molecule has 0 aromatic carbocycles. The smallest absolute Gasteiger partial charge is 0.327 e. The van der Waals surface area contributed by atoms with Crippen molar-refractivity contribution in [2.75, 3.05) is 0 Å². The van der Waals surface area contributed by atoms with Crippen LogP contribution in [0.25, 0.3) is 0 Å². The molecule has 4 fully saturated rings. The van der Waals surface area contributed by atoms with Gasteiger partial charge in [0.15, 0.2) is 0 Å². The third kappa shape index (κ3) is 1.82. The highest BCUT2D eigenvalue weighted by Crippen LogP contribution is 2.69. The molecule has 4 aliphatic carbocycles. The molecule has 94 valence electrons. The van der Waals surface area contributed by atoms with Gasteiger partial charge in [0.2, 0.25) is 0 Å². The highest BCUT2D eigenvalue weighted by atomic mass is 16.4. The zero-order valence-corrected chi connectivity index (χ0v) is 10.8. The summed E-state index contributed by atoms with van der Waals surface area (Å²) < 4.78 is 0. The molecule has 0 aliphatic heterocycles. The standard InChI is InChI=1S/C15H22O2/c1-13-5-11-6-14(2,8-13)10-15(7-11,9-13)4-3-12(16)17/h3-4,11H,5-10H2,1-2H3,(H,16,17). The first-order chi connectivity index (χ1) is 7.82. The number of aliphatic carboxylic acids is 1.